The molecule has 1 fully saturated rings. The highest BCUT2D eigenvalue weighted by Gasteiger charge is 2.26. The third kappa shape index (κ3) is 2.94. The zero-order valence-corrected chi connectivity index (χ0v) is 10.2. The van der Waals surface area contributed by atoms with Crippen LogP contribution in [0.15, 0.2) is 17.1 Å². The second kappa shape index (κ2) is 5.58. The van der Waals surface area contributed by atoms with E-state index in [1.54, 1.807) is 7.11 Å². The van der Waals surface area contributed by atoms with E-state index >= 15 is 0 Å². The Morgan fingerprint density at radius 1 is 1.56 bits per heavy atom. The van der Waals surface area contributed by atoms with Crippen LogP contribution in [0.4, 0.5) is 8.78 Å². The Morgan fingerprint density at radius 2 is 2.28 bits per heavy atom. The van der Waals surface area contributed by atoms with Gasteiger partial charge in [0.2, 0.25) is 5.56 Å². The summed E-state index contributed by atoms with van der Waals surface area (Å²) < 4.78 is 30.7. The van der Waals surface area contributed by atoms with Gasteiger partial charge in [0, 0.05) is 44.6 Å². The molecule has 6 heteroatoms. The van der Waals surface area contributed by atoms with Crippen molar-refractivity contribution in [3.63, 3.8) is 0 Å². The topological polar surface area (TPSA) is 45.3 Å². The summed E-state index contributed by atoms with van der Waals surface area (Å²) in [6.45, 7) is 2.37. The first kappa shape index (κ1) is 13.2. The molecule has 18 heavy (non-hydrogen) atoms. The van der Waals surface area contributed by atoms with Gasteiger partial charge >= 0.3 is 0 Å². The van der Waals surface area contributed by atoms with Crippen LogP contribution in [0.2, 0.25) is 0 Å². The second-order valence-corrected chi connectivity index (χ2v) is 4.45. The van der Waals surface area contributed by atoms with Gasteiger partial charge in [0.05, 0.1) is 6.10 Å². The van der Waals surface area contributed by atoms with Crippen LogP contribution in [0.5, 0.6) is 0 Å². The highest BCUT2D eigenvalue weighted by atomic mass is 19.3. The molecule has 1 aromatic heterocycles. The zero-order valence-electron chi connectivity index (χ0n) is 10.2. The number of rotatable bonds is 5. The summed E-state index contributed by atoms with van der Waals surface area (Å²) in [4.78, 5) is 15.6. The molecule has 1 aliphatic rings. The Balaban J connectivity index is 1.95. The van der Waals surface area contributed by atoms with Gasteiger partial charge in [-0.3, -0.25) is 9.69 Å². The SMILES string of the molecule is COC1CN(CCc2c[nH]c(=O)cc2C(F)F)C1. The highest BCUT2D eigenvalue weighted by Crippen LogP contribution is 2.22. The maximum Gasteiger partial charge on any atom is 0.264 e. The molecule has 0 spiro atoms. The quantitative estimate of drug-likeness (QED) is 0.862. The van der Waals surface area contributed by atoms with E-state index in [2.05, 4.69) is 9.88 Å². The smallest absolute Gasteiger partial charge is 0.264 e. The third-order valence-corrected chi connectivity index (χ3v) is 3.24. The van der Waals surface area contributed by atoms with Crippen molar-refractivity contribution in [2.24, 2.45) is 0 Å². The molecule has 100 valence electrons. The number of pyridine rings is 1. The Labute approximate surface area is 104 Å². The second-order valence-electron chi connectivity index (χ2n) is 4.45. The van der Waals surface area contributed by atoms with Crippen LogP contribution < -0.4 is 5.56 Å². The summed E-state index contributed by atoms with van der Waals surface area (Å²) in [5.74, 6) is 0. The number of hydrogen-bond donors (Lipinski definition) is 1. The van der Waals surface area contributed by atoms with Gasteiger partial charge in [-0.25, -0.2) is 8.78 Å². The molecule has 1 N–H and O–H groups in total. The van der Waals surface area contributed by atoms with Crippen LogP contribution in [0.1, 0.15) is 17.6 Å². The summed E-state index contributed by atoms with van der Waals surface area (Å²) in [6, 6.07) is 0.980. The van der Waals surface area contributed by atoms with Gasteiger partial charge in [0.25, 0.3) is 6.43 Å². The average Bonchev–Trinajstić information content (AvgIpc) is 2.28. The van der Waals surface area contributed by atoms with Gasteiger partial charge in [0.1, 0.15) is 0 Å². The molecule has 1 aromatic rings. The van der Waals surface area contributed by atoms with E-state index in [1.807, 2.05) is 0 Å². The summed E-state index contributed by atoms with van der Waals surface area (Å²) in [7, 11) is 1.67. The molecule has 0 atom stereocenters. The minimum Gasteiger partial charge on any atom is -0.379 e. The lowest BCUT2D eigenvalue weighted by Gasteiger charge is -2.38. The van der Waals surface area contributed by atoms with Gasteiger partial charge in [-0.1, -0.05) is 0 Å². The molecule has 1 aliphatic heterocycles. The number of aromatic nitrogens is 1. The number of nitrogens with zero attached hydrogens (tertiary/aromatic N) is 1. The fraction of sp³-hybridized carbons (Fsp3) is 0.583. The third-order valence-electron chi connectivity index (χ3n) is 3.24. The summed E-state index contributed by atoms with van der Waals surface area (Å²) in [6.07, 6.45) is -0.454. The van der Waals surface area contributed by atoms with Crippen molar-refractivity contribution in [1.29, 1.82) is 0 Å². The monoisotopic (exact) mass is 258 g/mol. The Kier molecular flexibility index (Phi) is 4.08. The molecule has 2 rings (SSSR count). The van der Waals surface area contributed by atoms with E-state index in [9.17, 15) is 13.6 Å². The molecule has 0 aliphatic carbocycles. The largest absolute Gasteiger partial charge is 0.379 e. The molecule has 0 radical (unpaired) electrons. The van der Waals surface area contributed by atoms with Crippen molar-refractivity contribution < 1.29 is 13.5 Å². The lowest BCUT2D eigenvalue weighted by molar-refractivity contribution is -0.0285. The van der Waals surface area contributed by atoms with Crippen LogP contribution in [0.3, 0.4) is 0 Å². The van der Waals surface area contributed by atoms with Crippen molar-refractivity contribution in [1.82, 2.24) is 9.88 Å². The first-order valence-electron chi connectivity index (χ1n) is 5.85. The molecular weight excluding hydrogens is 242 g/mol. The van der Waals surface area contributed by atoms with Crippen molar-refractivity contribution in [3.8, 4) is 0 Å². The van der Waals surface area contributed by atoms with Crippen molar-refractivity contribution in [2.75, 3.05) is 26.7 Å². The first-order valence-corrected chi connectivity index (χ1v) is 5.85. The molecule has 0 saturated carbocycles. The average molecular weight is 258 g/mol. The number of H-pyrrole nitrogens is 1. The molecule has 0 unspecified atom stereocenters. The molecule has 0 bridgehead atoms. The number of likely N-dealkylation sites (tertiary alicyclic amines) is 1. The van der Waals surface area contributed by atoms with Crippen molar-refractivity contribution in [2.45, 2.75) is 19.0 Å². The van der Waals surface area contributed by atoms with Gasteiger partial charge in [-0.2, -0.15) is 0 Å². The lowest BCUT2D eigenvalue weighted by atomic mass is 10.1. The van der Waals surface area contributed by atoms with Gasteiger partial charge in [-0.05, 0) is 12.0 Å². The van der Waals surface area contributed by atoms with E-state index in [4.69, 9.17) is 4.74 Å². The van der Waals surface area contributed by atoms with Crippen LogP contribution in [-0.4, -0.2) is 42.7 Å². The number of hydrogen-bond acceptors (Lipinski definition) is 3. The van der Waals surface area contributed by atoms with Gasteiger partial charge < -0.3 is 9.72 Å². The molecule has 1 saturated heterocycles. The standard InChI is InChI=1S/C12H16F2N2O2/c1-18-9-6-16(7-9)3-2-8-5-15-11(17)4-10(8)12(13)14/h4-5,9,12H,2-3,6-7H2,1H3,(H,15,17). The molecular formula is C12H16F2N2O2. The van der Waals surface area contributed by atoms with Gasteiger partial charge in [-0.15, -0.1) is 0 Å². The highest BCUT2D eigenvalue weighted by molar-refractivity contribution is 5.24. The zero-order chi connectivity index (χ0) is 13.1. The fourth-order valence-corrected chi connectivity index (χ4v) is 2.07. The Bertz CT molecular complexity index is 456. The summed E-state index contributed by atoms with van der Waals surface area (Å²) in [5, 5.41) is 0. The molecule has 0 aromatic carbocycles. The predicted octanol–water partition coefficient (Wildman–Crippen LogP) is 1.19. The number of nitrogens with one attached hydrogen (secondary N) is 1. The van der Waals surface area contributed by atoms with Crippen LogP contribution in [0, 0.1) is 0 Å². The van der Waals surface area contributed by atoms with E-state index < -0.39 is 12.0 Å². The van der Waals surface area contributed by atoms with Crippen molar-refractivity contribution >= 4 is 0 Å². The number of halogens is 2. The number of ether oxygens (including phenoxy) is 1. The number of alkyl halides is 2. The van der Waals surface area contributed by atoms with Crippen LogP contribution in [0.25, 0.3) is 0 Å². The normalized spacial score (nSPS) is 17.1. The predicted molar refractivity (Wildman–Crippen MR) is 63.0 cm³/mol. The van der Waals surface area contributed by atoms with Crippen LogP contribution in [-0.2, 0) is 11.2 Å². The lowest BCUT2D eigenvalue weighted by Crippen LogP contribution is -2.52. The minimum absolute atomic E-state index is 0.164. The van der Waals surface area contributed by atoms with E-state index in [0.717, 1.165) is 19.2 Å². The van der Waals surface area contributed by atoms with E-state index in [1.165, 1.54) is 6.20 Å². The summed E-state index contributed by atoms with van der Waals surface area (Å²) in [5.41, 5.74) is -0.148. The van der Waals surface area contributed by atoms with Gasteiger partial charge in [0.15, 0.2) is 0 Å². The molecule has 2 heterocycles. The summed E-state index contributed by atoms with van der Waals surface area (Å²) >= 11 is 0. The minimum atomic E-state index is -2.61. The molecule has 0 amide bonds. The number of methoxy groups -OCH3 is 1. The van der Waals surface area contributed by atoms with E-state index in [0.29, 0.717) is 18.5 Å². The maximum atomic E-state index is 12.8. The van der Waals surface area contributed by atoms with Crippen LogP contribution >= 0.6 is 0 Å². The number of aromatic amines is 1. The first-order chi connectivity index (χ1) is 8.60. The molecule has 4 nitrogen and oxygen atoms in total. The fourth-order valence-electron chi connectivity index (χ4n) is 2.07. The Hall–Kier alpha value is -1.27. The van der Waals surface area contributed by atoms with Crippen molar-refractivity contribution in [3.05, 3.63) is 33.7 Å². The maximum absolute atomic E-state index is 12.8. The Morgan fingerprint density at radius 3 is 2.89 bits per heavy atom. The van der Waals surface area contributed by atoms with E-state index in [-0.39, 0.29) is 11.7 Å².